The Morgan fingerprint density at radius 3 is 2.47 bits per heavy atom. The van der Waals surface area contributed by atoms with E-state index in [1.165, 1.54) is 0 Å². The largest absolute Gasteiger partial charge is 0.480 e. The van der Waals surface area contributed by atoms with Crippen molar-refractivity contribution in [1.29, 1.82) is 0 Å². The molecule has 1 aromatic rings. The number of hydrogen-bond donors (Lipinski definition) is 1. The number of carboxylic acid groups (broad SMARTS) is 1. The molecule has 0 heterocycles. The molecule has 0 bridgehead atoms. The van der Waals surface area contributed by atoms with E-state index in [-0.39, 0.29) is 16.3 Å². The Hall–Kier alpha value is -1.43. The van der Waals surface area contributed by atoms with Crippen molar-refractivity contribution in [2.45, 2.75) is 19.2 Å². The SMILES string of the molecule is CC(Oc1ccc(C(=O)O)cc1Cl)C(F)(F)F. The van der Waals surface area contributed by atoms with Gasteiger partial charge in [0.15, 0.2) is 6.10 Å². The van der Waals surface area contributed by atoms with Gasteiger partial charge in [-0.2, -0.15) is 13.2 Å². The summed E-state index contributed by atoms with van der Waals surface area (Å²) in [5.41, 5.74) is -0.123. The Morgan fingerprint density at radius 1 is 1.47 bits per heavy atom. The highest BCUT2D eigenvalue weighted by Crippen LogP contribution is 2.30. The molecule has 3 nitrogen and oxygen atoms in total. The van der Waals surface area contributed by atoms with Crippen LogP contribution in [0.1, 0.15) is 17.3 Å². The number of aromatic carboxylic acids is 1. The molecule has 17 heavy (non-hydrogen) atoms. The normalized spacial score (nSPS) is 13.2. The van der Waals surface area contributed by atoms with Crippen molar-refractivity contribution in [2.75, 3.05) is 0 Å². The molecule has 0 amide bonds. The fourth-order valence-corrected chi connectivity index (χ4v) is 1.21. The Morgan fingerprint density at radius 2 is 2.06 bits per heavy atom. The van der Waals surface area contributed by atoms with Crippen LogP contribution in [0.15, 0.2) is 18.2 Å². The van der Waals surface area contributed by atoms with Crippen molar-refractivity contribution in [3.05, 3.63) is 28.8 Å². The highest BCUT2D eigenvalue weighted by atomic mass is 35.5. The molecule has 1 N–H and O–H groups in total. The number of alkyl halides is 3. The molecule has 0 aromatic heterocycles. The third-order valence-corrected chi connectivity index (χ3v) is 2.24. The second-order valence-corrected chi connectivity index (χ2v) is 3.66. The number of carboxylic acids is 1. The van der Waals surface area contributed by atoms with Gasteiger partial charge < -0.3 is 9.84 Å². The van der Waals surface area contributed by atoms with E-state index in [2.05, 4.69) is 4.74 Å². The van der Waals surface area contributed by atoms with Gasteiger partial charge in [0.2, 0.25) is 0 Å². The zero-order valence-corrected chi connectivity index (χ0v) is 9.34. The van der Waals surface area contributed by atoms with Crippen LogP contribution in [0.4, 0.5) is 13.2 Å². The summed E-state index contributed by atoms with van der Waals surface area (Å²) >= 11 is 5.61. The van der Waals surface area contributed by atoms with Crippen LogP contribution >= 0.6 is 11.6 Å². The van der Waals surface area contributed by atoms with E-state index < -0.39 is 18.2 Å². The minimum Gasteiger partial charge on any atom is -0.480 e. The number of halogens is 4. The maximum atomic E-state index is 12.2. The smallest absolute Gasteiger partial charge is 0.425 e. The maximum Gasteiger partial charge on any atom is 0.425 e. The lowest BCUT2D eigenvalue weighted by molar-refractivity contribution is -0.189. The lowest BCUT2D eigenvalue weighted by Gasteiger charge is -2.18. The zero-order valence-electron chi connectivity index (χ0n) is 8.58. The van der Waals surface area contributed by atoms with Crippen LogP contribution in [0, 0.1) is 0 Å². The molecule has 0 spiro atoms. The Labute approximate surface area is 99.8 Å². The Bertz CT molecular complexity index is 431. The van der Waals surface area contributed by atoms with E-state index in [0.29, 0.717) is 0 Å². The lowest BCUT2D eigenvalue weighted by atomic mass is 10.2. The quantitative estimate of drug-likeness (QED) is 0.914. The third-order valence-electron chi connectivity index (χ3n) is 1.94. The van der Waals surface area contributed by atoms with Gasteiger partial charge in [-0.15, -0.1) is 0 Å². The molecule has 1 atom stereocenters. The standard InChI is InChI=1S/C10H8ClF3O3/c1-5(10(12,13)14)17-8-3-2-6(9(15)16)4-7(8)11/h2-5H,1H3,(H,15,16). The topological polar surface area (TPSA) is 46.5 Å². The van der Waals surface area contributed by atoms with E-state index in [1.54, 1.807) is 0 Å². The first kappa shape index (κ1) is 13.6. The van der Waals surface area contributed by atoms with Crippen molar-refractivity contribution in [3.8, 4) is 5.75 Å². The minimum absolute atomic E-state index is 0.123. The maximum absolute atomic E-state index is 12.2. The number of hydrogen-bond acceptors (Lipinski definition) is 2. The summed E-state index contributed by atoms with van der Waals surface area (Å²) < 4.78 is 41.2. The Kier molecular flexibility index (Phi) is 3.87. The van der Waals surface area contributed by atoms with Crippen LogP contribution < -0.4 is 4.74 Å². The van der Waals surface area contributed by atoms with Gasteiger partial charge in [0.1, 0.15) is 5.75 Å². The van der Waals surface area contributed by atoms with Gasteiger partial charge in [-0.05, 0) is 25.1 Å². The molecule has 1 unspecified atom stereocenters. The van der Waals surface area contributed by atoms with Crippen molar-refractivity contribution in [1.82, 2.24) is 0 Å². The summed E-state index contributed by atoms with van der Waals surface area (Å²) in [5.74, 6) is -1.43. The van der Waals surface area contributed by atoms with Crippen LogP contribution in [0.3, 0.4) is 0 Å². The van der Waals surface area contributed by atoms with E-state index >= 15 is 0 Å². The highest BCUT2D eigenvalue weighted by Gasteiger charge is 2.38. The summed E-state index contributed by atoms with van der Waals surface area (Å²) in [4.78, 5) is 10.6. The van der Waals surface area contributed by atoms with E-state index in [4.69, 9.17) is 16.7 Å². The molecule has 0 radical (unpaired) electrons. The van der Waals surface area contributed by atoms with Crippen LogP contribution in [0.2, 0.25) is 5.02 Å². The summed E-state index contributed by atoms with van der Waals surface area (Å²) in [6.45, 7) is 0.835. The van der Waals surface area contributed by atoms with Gasteiger partial charge in [-0.1, -0.05) is 11.6 Å². The summed E-state index contributed by atoms with van der Waals surface area (Å²) in [7, 11) is 0. The van der Waals surface area contributed by atoms with Gasteiger partial charge in [0.05, 0.1) is 10.6 Å². The van der Waals surface area contributed by atoms with Gasteiger partial charge in [0.25, 0.3) is 0 Å². The summed E-state index contributed by atoms with van der Waals surface area (Å²) in [6, 6.07) is 3.24. The predicted octanol–water partition coefficient (Wildman–Crippen LogP) is 3.37. The first-order valence-corrected chi connectivity index (χ1v) is 4.86. The van der Waals surface area contributed by atoms with Crippen LogP contribution in [0.5, 0.6) is 5.75 Å². The molecular weight excluding hydrogens is 261 g/mol. The summed E-state index contributed by atoms with van der Waals surface area (Å²) in [6.07, 6.45) is -6.52. The number of benzene rings is 1. The number of rotatable bonds is 3. The molecular formula is C10H8ClF3O3. The van der Waals surface area contributed by atoms with Gasteiger partial charge in [-0.25, -0.2) is 4.79 Å². The van der Waals surface area contributed by atoms with Gasteiger partial charge >= 0.3 is 12.1 Å². The lowest BCUT2D eigenvalue weighted by Crippen LogP contribution is -2.31. The molecule has 0 aliphatic carbocycles. The molecule has 1 aromatic carbocycles. The number of carbonyl (C=O) groups is 1. The minimum atomic E-state index is -4.51. The molecule has 94 valence electrons. The molecule has 0 aliphatic heterocycles. The Balaban J connectivity index is 2.90. The van der Waals surface area contributed by atoms with Crippen LogP contribution in [-0.2, 0) is 0 Å². The number of ether oxygens (including phenoxy) is 1. The second-order valence-electron chi connectivity index (χ2n) is 3.25. The van der Waals surface area contributed by atoms with Gasteiger partial charge in [0, 0.05) is 0 Å². The zero-order chi connectivity index (χ0) is 13.2. The predicted molar refractivity (Wildman–Crippen MR) is 54.6 cm³/mol. The highest BCUT2D eigenvalue weighted by molar-refractivity contribution is 6.32. The van der Waals surface area contributed by atoms with E-state index in [1.807, 2.05) is 0 Å². The molecule has 7 heteroatoms. The third kappa shape index (κ3) is 3.52. The molecule has 0 saturated heterocycles. The van der Waals surface area contributed by atoms with Crippen LogP contribution in [-0.4, -0.2) is 23.4 Å². The second kappa shape index (κ2) is 4.83. The van der Waals surface area contributed by atoms with Crippen molar-refractivity contribution < 1.29 is 27.8 Å². The molecule has 0 aliphatic rings. The summed E-state index contributed by atoms with van der Waals surface area (Å²) in [5, 5.41) is 8.45. The van der Waals surface area contributed by atoms with Crippen molar-refractivity contribution in [2.24, 2.45) is 0 Å². The fraction of sp³-hybridized carbons (Fsp3) is 0.300. The van der Waals surface area contributed by atoms with Crippen molar-refractivity contribution >= 4 is 17.6 Å². The van der Waals surface area contributed by atoms with E-state index in [9.17, 15) is 18.0 Å². The molecule has 0 saturated carbocycles. The van der Waals surface area contributed by atoms with Crippen molar-refractivity contribution in [3.63, 3.8) is 0 Å². The first-order valence-electron chi connectivity index (χ1n) is 4.48. The first-order chi connectivity index (χ1) is 7.71. The average molecular weight is 269 g/mol. The average Bonchev–Trinajstić information content (AvgIpc) is 2.19. The van der Waals surface area contributed by atoms with Crippen LogP contribution in [0.25, 0.3) is 0 Å². The van der Waals surface area contributed by atoms with Gasteiger partial charge in [-0.3, -0.25) is 0 Å². The van der Waals surface area contributed by atoms with E-state index in [0.717, 1.165) is 25.1 Å². The fourth-order valence-electron chi connectivity index (χ4n) is 0.987. The monoisotopic (exact) mass is 268 g/mol. The molecule has 1 rings (SSSR count). The molecule has 0 fully saturated rings.